The number of carbonyl (C=O) groups is 1. The number of nitrogens with zero attached hydrogens (tertiary/aromatic N) is 1. The summed E-state index contributed by atoms with van der Waals surface area (Å²) >= 11 is 11.4. The minimum Gasteiger partial charge on any atom is -0.340 e. The molecule has 0 atom stereocenters. The fraction of sp³-hybridized carbons (Fsp3) is 0.875. The molecule has 0 N–H and O–H groups in total. The first kappa shape index (κ1) is 10.1. The Hall–Kier alpha value is 0.0500. The SMILES string of the molecule is CN(C(=O)C(C)(Cl)Cl)C1CCC1. The van der Waals surface area contributed by atoms with E-state index in [1.807, 2.05) is 0 Å². The first-order valence-corrected chi connectivity index (χ1v) is 4.83. The van der Waals surface area contributed by atoms with Crippen LogP contribution in [0, 0.1) is 0 Å². The molecular weight excluding hydrogens is 197 g/mol. The molecule has 4 heteroatoms. The lowest BCUT2D eigenvalue weighted by Gasteiger charge is -2.36. The Kier molecular flexibility index (Phi) is 2.89. The third-order valence-electron chi connectivity index (χ3n) is 2.32. The van der Waals surface area contributed by atoms with Gasteiger partial charge in [-0.2, -0.15) is 0 Å². The maximum absolute atomic E-state index is 11.5. The zero-order valence-electron chi connectivity index (χ0n) is 7.31. The molecule has 0 bridgehead atoms. The zero-order valence-corrected chi connectivity index (χ0v) is 8.82. The van der Waals surface area contributed by atoms with Crippen LogP contribution in [0.1, 0.15) is 26.2 Å². The van der Waals surface area contributed by atoms with Crippen LogP contribution in [0.3, 0.4) is 0 Å². The van der Waals surface area contributed by atoms with E-state index in [1.54, 1.807) is 11.9 Å². The summed E-state index contributed by atoms with van der Waals surface area (Å²) in [6.07, 6.45) is 3.35. The number of halogens is 2. The maximum atomic E-state index is 11.5. The van der Waals surface area contributed by atoms with E-state index in [0.29, 0.717) is 6.04 Å². The molecule has 1 fully saturated rings. The maximum Gasteiger partial charge on any atom is 0.258 e. The number of alkyl halides is 2. The van der Waals surface area contributed by atoms with Crippen molar-refractivity contribution in [3.05, 3.63) is 0 Å². The molecule has 1 aliphatic carbocycles. The van der Waals surface area contributed by atoms with Crippen molar-refractivity contribution in [2.24, 2.45) is 0 Å². The fourth-order valence-corrected chi connectivity index (χ4v) is 1.52. The summed E-state index contributed by atoms with van der Waals surface area (Å²) in [4.78, 5) is 13.1. The lowest BCUT2D eigenvalue weighted by Crippen LogP contribution is -2.46. The summed E-state index contributed by atoms with van der Waals surface area (Å²) in [6, 6.07) is 0.356. The number of hydrogen-bond acceptors (Lipinski definition) is 1. The van der Waals surface area contributed by atoms with Crippen molar-refractivity contribution in [1.29, 1.82) is 0 Å². The lowest BCUT2D eigenvalue weighted by atomic mass is 9.92. The minimum atomic E-state index is -1.27. The smallest absolute Gasteiger partial charge is 0.258 e. The molecule has 0 aromatic carbocycles. The first-order chi connectivity index (χ1) is 5.43. The van der Waals surface area contributed by atoms with Gasteiger partial charge in [0.05, 0.1) is 0 Å². The Balaban J connectivity index is 2.51. The van der Waals surface area contributed by atoms with Crippen LogP contribution in [0.15, 0.2) is 0 Å². The zero-order chi connectivity index (χ0) is 9.35. The summed E-state index contributed by atoms with van der Waals surface area (Å²) in [7, 11) is 1.76. The van der Waals surface area contributed by atoms with Gasteiger partial charge in [0.15, 0.2) is 4.33 Å². The third-order valence-corrected chi connectivity index (χ3v) is 2.64. The Morgan fingerprint density at radius 2 is 2.00 bits per heavy atom. The Bertz CT molecular complexity index is 184. The average Bonchev–Trinajstić information content (AvgIpc) is 1.79. The molecule has 0 aromatic rings. The van der Waals surface area contributed by atoms with Crippen LogP contribution in [-0.4, -0.2) is 28.2 Å². The molecule has 1 saturated carbocycles. The highest BCUT2D eigenvalue weighted by Crippen LogP contribution is 2.29. The molecule has 0 unspecified atom stereocenters. The molecule has 0 saturated heterocycles. The number of hydrogen-bond donors (Lipinski definition) is 0. The van der Waals surface area contributed by atoms with Gasteiger partial charge in [-0.15, -0.1) is 0 Å². The normalized spacial score (nSPS) is 18.7. The lowest BCUT2D eigenvalue weighted by molar-refractivity contribution is -0.133. The highest BCUT2D eigenvalue weighted by atomic mass is 35.5. The van der Waals surface area contributed by atoms with Gasteiger partial charge in [-0.25, -0.2) is 0 Å². The van der Waals surface area contributed by atoms with Gasteiger partial charge >= 0.3 is 0 Å². The molecule has 1 aliphatic rings. The van der Waals surface area contributed by atoms with Crippen LogP contribution in [0.4, 0.5) is 0 Å². The van der Waals surface area contributed by atoms with Crippen LogP contribution >= 0.6 is 23.2 Å². The van der Waals surface area contributed by atoms with Crippen molar-refractivity contribution in [3.63, 3.8) is 0 Å². The van der Waals surface area contributed by atoms with E-state index < -0.39 is 4.33 Å². The van der Waals surface area contributed by atoms with Crippen molar-refractivity contribution in [1.82, 2.24) is 4.90 Å². The molecule has 2 nitrogen and oxygen atoms in total. The van der Waals surface area contributed by atoms with Gasteiger partial charge in [-0.05, 0) is 26.2 Å². The van der Waals surface area contributed by atoms with Crippen LogP contribution in [0.25, 0.3) is 0 Å². The van der Waals surface area contributed by atoms with Crippen LogP contribution < -0.4 is 0 Å². The number of amides is 1. The van der Waals surface area contributed by atoms with Crippen molar-refractivity contribution in [3.8, 4) is 0 Å². The van der Waals surface area contributed by atoms with E-state index in [9.17, 15) is 4.79 Å². The van der Waals surface area contributed by atoms with Gasteiger partial charge in [0.2, 0.25) is 0 Å². The van der Waals surface area contributed by atoms with E-state index >= 15 is 0 Å². The topological polar surface area (TPSA) is 20.3 Å². The monoisotopic (exact) mass is 209 g/mol. The van der Waals surface area contributed by atoms with E-state index in [-0.39, 0.29) is 5.91 Å². The Labute approximate surface area is 82.8 Å². The fourth-order valence-electron chi connectivity index (χ4n) is 1.25. The summed E-state index contributed by atoms with van der Waals surface area (Å²) < 4.78 is -1.27. The standard InChI is InChI=1S/C8H13Cl2NO/c1-8(9,10)7(12)11(2)6-4-3-5-6/h6H,3-5H2,1-2H3. The molecule has 1 rings (SSSR count). The average molecular weight is 210 g/mol. The van der Waals surface area contributed by atoms with E-state index in [0.717, 1.165) is 12.8 Å². The van der Waals surface area contributed by atoms with Gasteiger partial charge in [-0.3, -0.25) is 4.79 Å². The van der Waals surface area contributed by atoms with Gasteiger partial charge in [0.25, 0.3) is 5.91 Å². The molecule has 0 spiro atoms. The summed E-state index contributed by atoms with van der Waals surface area (Å²) in [5.41, 5.74) is 0. The highest BCUT2D eigenvalue weighted by Gasteiger charge is 2.35. The quantitative estimate of drug-likeness (QED) is 0.639. The molecular formula is C8H13Cl2NO. The largest absolute Gasteiger partial charge is 0.340 e. The summed E-state index contributed by atoms with van der Waals surface area (Å²) in [5, 5.41) is 0. The minimum absolute atomic E-state index is 0.199. The highest BCUT2D eigenvalue weighted by molar-refractivity contribution is 6.57. The molecule has 0 aromatic heterocycles. The third kappa shape index (κ3) is 2.05. The molecule has 0 heterocycles. The second kappa shape index (κ2) is 3.43. The Morgan fingerprint density at radius 1 is 1.50 bits per heavy atom. The first-order valence-electron chi connectivity index (χ1n) is 4.08. The van der Waals surface area contributed by atoms with Gasteiger partial charge in [-0.1, -0.05) is 23.2 Å². The van der Waals surface area contributed by atoms with Crippen molar-refractivity contribution < 1.29 is 4.79 Å². The number of rotatable bonds is 2. The second-order valence-electron chi connectivity index (χ2n) is 3.39. The predicted octanol–water partition coefficient (Wildman–Crippen LogP) is 2.19. The summed E-state index contributed by atoms with van der Waals surface area (Å²) in [6.45, 7) is 1.51. The predicted molar refractivity (Wildman–Crippen MR) is 50.5 cm³/mol. The van der Waals surface area contributed by atoms with Crippen LogP contribution in [-0.2, 0) is 4.79 Å². The van der Waals surface area contributed by atoms with Crippen molar-refractivity contribution >= 4 is 29.1 Å². The summed E-state index contributed by atoms with van der Waals surface area (Å²) in [5.74, 6) is -0.199. The van der Waals surface area contributed by atoms with E-state index in [4.69, 9.17) is 23.2 Å². The van der Waals surface area contributed by atoms with Crippen molar-refractivity contribution in [2.45, 2.75) is 36.6 Å². The molecule has 1 amide bonds. The van der Waals surface area contributed by atoms with Gasteiger partial charge in [0.1, 0.15) is 0 Å². The van der Waals surface area contributed by atoms with Crippen LogP contribution in [0.2, 0.25) is 0 Å². The van der Waals surface area contributed by atoms with E-state index in [1.165, 1.54) is 13.3 Å². The van der Waals surface area contributed by atoms with Gasteiger partial charge in [0, 0.05) is 13.1 Å². The molecule has 0 radical (unpaired) electrons. The molecule has 12 heavy (non-hydrogen) atoms. The van der Waals surface area contributed by atoms with Crippen LogP contribution in [0.5, 0.6) is 0 Å². The van der Waals surface area contributed by atoms with Crippen molar-refractivity contribution in [2.75, 3.05) is 7.05 Å². The number of carbonyl (C=O) groups excluding carboxylic acids is 1. The molecule has 70 valence electrons. The van der Waals surface area contributed by atoms with E-state index in [2.05, 4.69) is 0 Å². The molecule has 0 aliphatic heterocycles. The van der Waals surface area contributed by atoms with Gasteiger partial charge < -0.3 is 4.90 Å². The Morgan fingerprint density at radius 3 is 2.25 bits per heavy atom. The second-order valence-corrected chi connectivity index (χ2v) is 5.09.